The number of hydrogen-bond donors (Lipinski definition) is 1. The van der Waals surface area contributed by atoms with E-state index in [-0.39, 0.29) is 0 Å². The standard InChI is InChI=1S/C14H18ClN3OS/c1-8(2)12-7-9(5-6-19-12)16-13-10(15)3-4-11-14(13)18-20-17-11/h3-4,8-9,12,16H,5-7H2,1-2H3. The number of anilines is 1. The summed E-state index contributed by atoms with van der Waals surface area (Å²) in [6.07, 6.45) is 2.31. The molecule has 108 valence electrons. The van der Waals surface area contributed by atoms with Crippen molar-refractivity contribution in [2.45, 2.75) is 38.8 Å². The van der Waals surface area contributed by atoms with Gasteiger partial charge in [-0.05, 0) is 30.9 Å². The van der Waals surface area contributed by atoms with Crippen LogP contribution in [0.4, 0.5) is 5.69 Å². The van der Waals surface area contributed by atoms with Gasteiger partial charge in [0.05, 0.1) is 28.5 Å². The number of fused-ring (bicyclic) bond motifs is 1. The van der Waals surface area contributed by atoms with Gasteiger partial charge in [0.15, 0.2) is 0 Å². The van der Waals surface area contributed by atoms with E-state index in [1.807, 2.05) is 12.1 Å². The van der Waals surface area contributed by atoms with Gasteiger partial charge in [-0.15, -0.1) is 0 Å². The third-order valence-electron chi connectivity index (χ3n) is 3.78. The second-order valence-electron chi connectivity index (χ2n) is 5.57. The number of halogens is 1. The highest BCUT2D eigenvalue weighted by Crippen LogP contribution is 2.32. The molecule has 4 nitrogen and oxygen atoms in total. The smallest absolute Gasteiger partial charge is 0.129 e. The van der Waals surface area contributed by atoms with E-state index < -0.39 is 0 Å². The Bertz CT molecular complexity index is 601. The summed E-state index contributed by atoms with van der Waals surface area (Å²) in [5.41, 5.74) is 2.68. The zero-order valence-electron chi connectivity index (χ0n) is 11.6. The first-order chi connectivity index (χ1) is 9.65. The minimum atomic E-state index is 0.313. The van der Waals surface area contributed by atoms with Gasteiger partial charge < -0.3 is 10.1 Å². The lowest BCUT2D eigenvalue weighted by atomic mass is 9.95. The highest BCUT2D eigenvalue weighted by Gasteiger charge is 2.26. The largest absolute Gasteiger partial charge is 0.379 e. The molecule has 0 aliphatic carbocycles. The summed E-state index contributed by atoms with van der Waals surface area (Å²) in [4.78, 5) is 0. The first-order valence-electron chi connectivity index (χ1n) is 6.94. The van der Waals surface area contributed by atoms with Crippen molar-refractivity contribution >= 4 is 40.0 Å². The zero-order chi connectivity index (χ0) is 14.1. The van der Waals surface area contributed by atoms with Gasteiger partial charge in [-0.1, -0.05) is 25.4 Å². The van der Waals surface area contributed by atoms with Crippen molar-refractivity contribution < 1.29 is 4.74 Å². The molecule has 0 bridgehead atoms. The van der Waals surface area contributed by atoms with Crippen LogP contribution in [0.1, 0.15) is 26.7 Å². The van der Waals surface area contributed by atoms with Crippen LogP contribution < -0.4 is 5.32 Å². The molecule has 0 radical (unpaired) electrons. The molecular weight excluding hydrogens is 294 g/mol. The van der Waals surface area contributed by atoms with Gasteiger partial charge in [0.25, 0.3) is 0 Å². The Balaban J connectivity index is 1.82. The van der Waals surface area contributed by atoms with E-state index in [0.717, 1.165) is 36.2 Å². The molecule has 0 saturated carbocycles. The Hall–Kier alpha value is -0.910. The Morgan fingerprint density at radius 2 is 2.25 bits per heavy atom. The number of aromatic nitrogens is 2. The molecule has 1 N–H and O–H groups in total. The van der Waals surface area contributed by atoms with Gasteiger partial charge >= 0.3 is 0 Å². The summed E-state index contributed by atoms with van der Waals surface area (Å²) in [6, 6.07) is 4.17. The number of nitrogens with one attached hydrogen (secondary N) is 1. The Morgan fingerprint density at radius 3 is 3.05 bits per heavy atom. The fourth-order valence-corrected chi connectivity index (χ4v) is 3.34. The fraction of sp³-hybridized carbons (Fsp3) is 0.571. The van der Waals surface area contributed by atoms with E-state index in [0.29, 0.717) is 23.1 Å². The number of benzene rings is 1. The van der Waals surface area contributed by atoms with E-state index in [4.69, 9.17) is 16.3 Å². The highest BCUT2D eigenvalue weighted by atomic mass is 35.5. The van der Waals surface area contributed by atoms with E-state index in [1.165, 1.54) is 11.7 Å². The number of rotatable bonds is 3. The average Bonchev–Trinajstić information content (AvgIpc) is 2.91. The average molecular weight is 312 g/mol. The maximum Gasteiger partial charge on any atom is 0.129 e. The van der Waals surface area contributed by atoms with Crippen LogP contribution in [0, 0.1) is 5.92 Å². The normalized spacial score (nSPS) is 23.4. The molecule has 2 atom stereocenters. The monoisotopic (exact) mass is 311 g/mol. The lowest BCUT2D eigenvalue weighted by Crippen LogP contribution is -2.36. The van der Waals surface area contributed by atoms with Gasteiger partial charge in [-0.25, -0.2) is 0 Å². The molecule has 1 saturated heterocycles. The van der Waals surface area contributed by atoms with Crippen LogP contribution in [0.25, 0.3) is 11.0 Å². The lowest BCUT2D eigenvalue weighted by molar-refractivity contribution is -0.0160. The molecule has 6 heteroatoms. The van der Waals surface area contributed by atoms with Crippen molar-refractivity contribution in [3.05, 3.63) is 17.2 Å². The minimum Gasteiger partial charge on any atom is -0.379 e. The van der Waals surface area contributed by atoms with Crippen molar-refractivity contribution in [2.75, 3.05) is 11.9 Å². The lowest BCUT2D eigenvalue weighted by Gasteiger charge is -2.33. The van der Waals surface area contributed by atoms with Gasteiger partial charge in [0, 0.05) is 12.6 Å². The second kappa shape index (κ2) is 5.84. The summed E-state index contributed by atoms with van der Waals surface area (Å²) in [6.45, 7) is 5.19. The maximum atomic E-state index is 6.32. The van der Waals surface area contributed by atoms with Gasteiger partial charge in [0.1, 0.15) is 11.0 Å². The molecule has 1 fully saturated rings. The molecule has 2 aromatic rings. The quantitative estimate of drug-likeness (QED) is 0.932. The van der Waals surface area contributed by atoms with Crippen LogP contribution in [-0.4, -0.2) is 27.5 Å². The van der Waals surface area contributed by atoms with Crippen LogP contribution in [0.5, 0.6) is 0 Å². The van der Waals surface area contributed by atoms with Gasteiger partial charge in [-0.2, -0.15) is 8.75 Å². The zero-order valence-corrected chi connectivity index (χ0v) is 13.2. The Morgan fingerprint density at radius 1 is 1.40 bits per heavy atom. The molecule has 20 heavy (non-hydrogen) atoms. The predicted molar refractivity (Wildman–Crippen MR) is 83.6 cm³/mol. The Labute approximate surface area is 127 Å². The van der Waals surface area contributed by atoms with Gasteiger partial charge in [-0.3, -0.25) is 0 Å². The molecule has 0 spiro atoms. The molecule has 2 heterocycles. The topological polar surface area (TPSA) is 47.0 Å². The van der Waals surface area contributed by atoms with Crippen LogP contribution in [0.3, 0.4) is 0 Å². The molecule has 1 aliphatic heterocycles. The van der Waals surface area contributed by atoms with E-state index in [1.54, 1.807) is 0 Å². The highest BCUT2D eigenvalue weighted by molar-refractivity contribution is 7.00. The fourth-order valence-electron chi connectivity index (χ4n) is 2.59. The van der Waals surface area contributed by atoms with E-state index in [2.05, 4.69) is 27.9 Å². The van der Waals surface area contributed by atoms with Crippen LogP contribution in [0.2, 0.25) is 5.02 Å². The van der Waals surface area contributed by atoms with Crippen LogP contribution >= 0.6 is 23.3 Å². The van der Waals surface area contributed by atoms with E-state index >= 15 is 0 Å². The van der Waals surface area contributed by atoms with Crippen LogP contribution in [-0.2, 0) is 4.74 Å². The van der Waals surface area contributed by atoms with Crippen molar-refractivity contribution in [2.24, 2.45) is 5.92 Å². The number of ether oxygens (including phenoxy) is 1. The van der Waals surface area contributed by atoms with Gasteiger partial charge in [0.2, 0.25) is 0 Å². The third-order valence-corrected chi connectivity index (χ3v) is 4.64. The maximum absolute atomic E-state index is 6.32. The second-order valence-corrected chi connectivity index (χ2v) is 6.51. The molecule has 3 rings (SSSR count). The Kier molecular flexibility index (Phi) is 4.10. The molecule has 1 aromatic carbocycles. The van der Waals surface area contributed by atoms with Crippen molar-refractivity contribution in [3.8, 4) is 0 Å². The third kappa shape index (κ3) is 2.75. The predicted octanol–water partition coefficient (Wildman–Crippen LogP) is 3.96. The molecule has 1 aliphatic rings. The van der Waals surface area contributed by atoms with E-state index in [9.17, 15) is 0 Å². The summed E-state index contributed by atoms with van der Waals surface area (Å²) in [7, 11) is 0. The van der Waals surface area contributed by atoms with Crippen molar-refractivity contribution in [1.82, 2.24) is 8.75 Å². The summed E-state index contributed by atoms with van der Waals surface area (Å²) >= 11 is 7.54. The first kappa shape index (κ1) is 14.0. The van der Waals surface area contributed by atoms with Crippen molar-refractivity contribution in [1.29, 1.82) is 0 Å². The summed E-state index contributed by atoms with van der Waals surface area (Å²) in [5, 5.41) is 4.26. The summed E-state index contributed by atoms with van der Waals surface area (Å²) in [5.74, 6) is 0.534. The number of hydrogen-bond acceptors (Lipinski definition) is 5. The molecule has 1 aromatic heterocycles. The SMILES string of the molecule is CC(C)C1CC(Nc2c(Cl)ccc3nsnc23)CCO1. The first-order valence-corrected chi connectivity index (χ1v) is 8.05. The number of nitrogens with zero attached hydrogens (tertiary/aromatic N) is 2. The minimum absolute atomic E-state index is 0.313. The molecule has 0 amide bonds. The van der Waals surface area contributed by atoms with Crippen LogP contribution in [0.15, 0.2) is 12.1 Å². The van der Waals surface area contributed by atoms with Crippen molar-refractivity contribution in [3.63, 3.8) is 0 Å². The summed E-state index contributed by atoms with van der Waals surface area (Å²) < 4.78 is 14.4. The molecular formula is C14H18ClN3OS. The molecule has 2 unspecified atom stereocenters.